The van der Waals surface area contributed by atoms with E-state index in [4.69, 9.17) is 0 Å². The number of hydrogen-bond donors (Lipinski definition) is 2. The number of carboxylic acid groups (broad SMARTS) is 1. The molecular formula is C20H26O4. The molecule has 2 aliphatic carbocycles. The lowest BCUT2D eigenvalue weighted by Crippen LogP contribution is -2.59. The van der Waals surface area contributed by atoms with Crippen LogP contribution in [0, 0.1) is 11.3 Å². The summed E-state index contributed by atoms with van der Waals surface area (Å²) in [6.07, 6.45) is 0.392. The summed E-state index contributed by atoms with van der Waals surface area (Å²) in [4.78, 5) is 24.7. The maximum atomic E-state index is 12.8. The van der Waals surface area contributed by atoms with Crippen molar-refractivity contribution in [3.63, 3.8) is 0 Å². The van der Waals surface area contributed by atoms with Gasteiger partial charge in [-0.2, -0.15) is 0 Å². The minimum Gasteiger partial charge on any atom is -0.481 e. The summed E-state index contributed by atoms with van der Waals surface area (Å²) in [6, 6.07) is 5.87. The SMILES string of the molecule is CC(C)c1ccc2c(c1)C(=O)C[C@@H]1[C@]2(C)[C@H](O)CC[C@@]1(C)C(=O)O. The molecule has 1 saturated carbocycles. The van der Waals surface area contributed by atoms with Crippen LogP contribution in [0.1, 0.15) is 74.4 Å². The van der Waals surface area contributed by atoms with Gasteiger partial charge in [0.2, 0.25) is 0 Å². The van der Waals surface area contributed by atoms with Gasteiger partial charge in [-0.1, -0.05) is 32.9 Å². The van der Waals surface area contributed by atoms with Gasteiger partial charge < -0.3 is 10.2 Å². The van der Waals surface area contributed by atoms with Gasteiger partial charge in [0.25, 0.3) is 0 Å². The topological polar surface area (TPSA) is 74.6 Å². The number of Topliss-reactive ketones (excluding diaryl/α,β-unsaturated/α-hetero) is 1. The average Bonchev–Trinajstić information content (AvgIpc) is 2.53. The number of hydrogen-bond acceptors (Lipinski definition) is 3. The molecule has 4 atom stereocenters. The predicted molar refractivity (Wildman–Crippen MR) is 91.3 cm³/mol. The van der Waals surface area contributed by atoms with Crippen LogP contribution in [0.25, 0.3) is 0 Å². The van der Waals surface area contributed by atoms with Gasteiger partial charge in [-0.25, -0.2) is 0 Å². The minimum atomic E-state index is -0.988. The number of fused-ring (bicyclic) bond motifs is 3. The fourth-order valence-electron chi connectivity index (χ4n) is 4.78. The second-order valence-corrected chi connectivity index (χ2v) is 8.20. The van der Waals surface area contributed by atoms with Crippen molar-refractivity contribution in [1.29, 1.82) is 0 Å². The average molecular weight is 330 g/mol. The zero-order valence-corrected chi connectivity index (χ0v) is 14.8. The molecule has 1 aromatic rings. The van der Waals surface area contributed by atoms with Crippen LogP contribution in [0.5, 0.6) is 0 Å². The predicted octanol–water partition coefficient (Wildman–Crippen LogP) is 3.52. The number of carbonyl (C=O) groups is 2. The number of carbonyl (C=O) groups excluding carboxylic acids is 1. The number of ketones is 1. The summed E-state index contributed by atoms with van der Waals surface area (Å²) in [5.41, 5.74) is 0.874. The van der Waals surface area contributed by atoms with Gasteiger partial charge in [-0.15, -0.1) is 0 Å². The zero-order chi connectivity index (χ0) is 17.9. The number of carboxylic acids is 1. The van der Waals surface area contributed by atoms with Crippen LogP contribution >= 0.6 is 0 Å². The van der Waals surface area contributed by atoms with Gasteiger partial charge in [0, 0.05) is 17.4 Å². The highest BCUT2D eigenvalue weighted by atomic mass is 16.4. The Balaban J connectivity index is 2.21. The van der Waals surface area contributed by atoms with Gasteiger partial charge in [0.15, 0.2) is 5.78 Å². The fourth-order valence-corrected chi connectivity index (χ4v) is 4.78. The van der Waals surface area contributed by atoms with E-state index < -0.39 is 28.8 Å². The number of aliphatic hydroxyl groups is 1. The van der Waals surface area contributed by atoms with Crippen LogP contribution in [0.4, 0.5) is 0 Å². The third-order valence-electron chi connectivity index (χ3n) is 6.59. The minimum absolute atomic E-state index is 0.00319. The Morgan fingerprint density at radius 3 is 2.54 bits per heavy atom. The van der Waals surface area contributed by atoms with Crippen LogP contribution in [0.3, 0.4) is 0 Å². The van der Waals surface area contributed by atoms with Crippen molar-refractivity contribution in [2.75, 3.05) is 0 Å². The molecule has 0 radical (unpaired) electrons. The van der Waals surface area contributed by atoms with E-state index in [0.29, 0.717) is 24.3 Å². The highest BCUT2D eigenvalue weighted by Gasteiger charge is 2.60. The quantitative estimate of drug-likeness (QED) is 0.870. The van der Waals surface area contributed by atoms with Gasteiger partial charge >= 0.3 is 5.97 Å². The summed E-state index contributed by atoms with van der Waals surface area (Å²) >= 11 is 0. The Morgan fingerprint density at radius 2 is 1.96 bits per heavy atom. The van der Waals surface area contributed by atoms with Crippen LogP contribution in [0.15, 0.2) is 18.2 Å². The van der Waals surface area contributed by atoms with Crippen molar-refractivity contribution >= 4 is 11.8 Å². The molecule has 1 aromatic carbocycles. The van der Waals surface area contributed by atoms with E-state index in [-0.39, 0.29) is 12.2 Å². The summed E-state index contributed by atoms with van der Waals surface area (Å²) in [5, 5.41) is 20.6. The van der Waals surface area contributed by atoms with Crippen molar-refractivity contribution in [2.45, 2.75) is 64.4 Å². The van der Waals surface area contributed by atoms with Crippen LogP contribution in [-0.2, 0) is 10.2 Å². The van der Waals surface area contributed by atoms with E-state index in [1.165, 1.54) is 0 Å². The summed E-state index contributed by atoms with van der Waals surface area (Å²) in [6.45, 7) is 7.82. The normalized spacial score (nSPS) is 35.5. The van der Waals surface area contributed by atoms with Crippen LogP contribution in [-0.4, -0.2) is 28.1 Å². The van der Waals surface area contributed by atoms with Crippen molar-refractivity contribution < 1.29 is 19.8 Å². The fraction of sp³-hybridized carbons (Fsp3) is 0.600. The molecule has 0 spiro atoms. The molecule has 0 aliphatic heterocycles. The van der Waals surface area contributed by atoms with Crippen LogP contribution in [0.2, 0.25) is 0 Å². The Labute approximate surface area is 142 Å². The van der Waals surface area contributed by atoms with E-state index in [2.05, 4.69) is 13.8 Å². The maximum absolute atomic E-state index is 12.8. The molecule has 2 N–H and O–H groups in total. The third kappa shape index (κ3) is 2.16. The molecule has 24 heavy (non-hydrogen) atoms. The zero-order valence-electron chi connectivity index (χ0n) is 14.8. The number of rotatable bonds is 2. The Morgan fingerprint density at radius 1 is 1.29 bits per heavy atom. The summed E-state index contributed by atoms with van der Waals surface area (Å²) in [5.74, 6) is -0.956. The van der Waals surface area contributed by atoms with E-state index in [1.807, 2.05) is 25.1 Å². The molecule has 0 saturated heterocycles. The summed E-state index contributed by atoms with van der Waals surface area (Å²) in [7, 11) is 0. The van der Waals surface area contributed by atoms with Crippen molar-refractivity contribution in [3.05, 3.63) is 34.9 Å². The monoisotopic (exact) mass is 330 g/mol. The number of benzene rings is 1. The van der Waals surface area contributed by atoms with Crippen molar-refractivity contribution in [2.24, 2.45) is 11.3 Å². The molecule has 4 nitrogen and oxygen atoms in total. The summed E-state index contributed by atoms with van der Waals surface area (Å²) < 4.78 is 0. The molecular weight excluding hydrogens is 304 g/mol. The smallest absolute Gasteiger partial charge is 0.309 e. The van der Waals surface area contributed by atoms with Crippen molar-refractivity contribution in [3.8, 4) is 0 Å². The van der Waals surface area contributed by atoms with Gasteiger partial charge in [0.05, 0.1) is 11.5 Å². The first kappa shape index (κ1) is 17.2. The highest BCUT2D eigenvalue weighted by molar-refractivity contribution is 6.00. The number of aliphatic hydroxyl groups excluding tert-OH is 1. The van der Waals surface area contributed by atoms with Gasteiger partial charge in [-0.3, -0.25) is 9.59 Å². The molecule has 2 aliphatic rings. The molecule has 0 amide bonds. The largest absolute Gasteiger partial charge is 0.481 e. The van der Waals surface area contributed by atoms with Gasteiger partial charge in [-0.05, 0) is 48.8 Å². The molecule has 3 rings (SSSR count). The molecule has 0 bridgehead atoms. The Bertz CT molecular complexity index is 708. The second-order valence-electron chi connectivity index (χ2n) is 8.20. The molecule has 0 heterocycles. The van der Waals surface area contributed by atoms with E-state index in [0.717, 1.165) is 11.1 Å². The molecule has 0 aromatic heterocycles. The molecule has 130 valence electrons. The Hall–Kier alpha value is -1.68. The first-order valence-corrected chi connectivity index (χ1v) is 8.71. The van der Waals surface area contributed by atoms with Crippen molar-refractivity contribution in [1.82, 2.24) is 0 Å². The highest BCUT2D eigenvalue weighted by Crippen LogP contribution is 2.57. The second kappa shape index (κ2) is 5.41. The first-order chi connectivity index (χ1) is 11.1. The lowest BCUT2D eigenvalue weighted by Gasteiger charge is -2.55. The molecule has 4 heteroatoms. The van der Waals surface area contributed by atoms with E-state index in [1.54, 1.807) is 6.92 Å². The van der Waals surface area contributed by atoms with E-state index >= 15 is 0 Å². The van der Waals surface area contributed by atoms with Crippen LogP contribution < -0.4 is 0 Å². The van der Waals surface area contributed by atoms with E-state index in [9.17, 15) is 19.8 Å². The van der Waals surface area contributed by atoms with Gasteiger partial charge in [0.1, 0.15) is 0 Å². The lowest BCUT2D eigenvalue weighted by atomic mass is 9.48. The third-order valence-corrected chi connectivity index (χ3v) is 6.59. The Kier molecular flexibility index (Phi) is 3.87. The first-order valence-electron chi connectivity index (χ1n) is 8.71. The standard InChI is InChI=1S/C20H26O4/c1-11(2)12-5-6-14-13(9-12)15(21)10-16-19(3,18(23)24)8-7-17(22)20(14,16)4/h5-6,9,11,16-17,22H,7-8,10H2,1-4H3,(H,23,24)/t16-,17+,19+,20+/m0/s1. The molecule has 0 unspecified atom stereocenters. The maximum Gasteiger partial charge on any atom is 0.309 e. The molecule has 1 fully saturated rings. The lowest BCUT2D eigenvalue weighted by molar-refractivity contribution is -0.161. The number of aliphatic carboxylic acids is 1.